The van der Waals surface area contributed by atoms with Gasteiger partial charge in [0, 0.05) is 25.2 Å². The number of aliphatic imine (C=N–C) groups is 1. The summed E-state index contributed by atoms with van der Waals surface area (Å²) in [5.74, 6) is 1.65. The topological polar surface area (TPSA) is 58.2 Å². The second kappa shape index (κ2) is 6.32. The van der Waals surface area contributed by atoms with Crippen LogP contribution in [-0.4, -0.2) is 37.6 Å². The van der Waals surface area contributed by atoms with E-state index in [1.165, 1.54) is 0 Å². The number of hydrogen-bond donors (Lipinski definition) is 1. The Labute approximate surface area is 131 Å². The summed E-state index contributed by atoms with van der Waals surface area (Å²) in [7, 11) is 0. The van der Waals surface area contributed by atoms with Crippen molar-refractivity contribution in [2.24, 2.45) is 4.99 Å². The summed E-state index contributed by atoms with van der Waals surface area (Å²) in [5, 5.41) is 9.41. The number of rotatable bonds is 3. The van der Waals surface area contributed by atoms with Crippen molar-refractivity contribution in [3.05, 3.63) is 40.6 Å². The summed E-state index contributed by atoms with van der Waals surface area (Å²) in [6, 6.07) is 8.66. The van der Waals surface area contributed by atoms with Crippen molar-refractivity contribution in [3.8, 4) is 5.75 Å². The molecule has 1 aromatic carbocycles. The molecule has 0 amide bonds. The second-order valence-electron chi connectivity index (χ2n) is 4.68. The molecular formula is C15H15BrN2O3. The van der Waals surface area contributed by atoms with Crippen LogP contribution in [0.4, 0.5) is 11.6 Å². The number of benzene rings is 1. The van der Waals surface area contributed by atoms with Crippen molar-refractivity contribution in [1.29, 1.82) is 0 Å². The summed E-state index contributed by atoms with van der Waals surface area (Å²) in [6.45, 7) is 3.05. The van der Waals surface area contributed by atoms with Crippen molar-refractivity contribution < 1.29 is 14.3 Å². The summed E-state index contributed by atoms with van der Waals surface area (Å²) in [4.78, 5) is 6.43. The van der Waals surface area contributed by atoms with Crippen LogP contribution in [0.3, 0.4) is 0 Å². The fraction of sp³-hybridized carbons (Fsp3) is 0.267. The highest BCUT2D eigenvalue weighted by Crippen LogP contribution is 2.30. The average molecular weight is 351 g/mol. The van der Waals surface area contributed by atoms with Gasteiger partial charge in [0.05, 0.1) is 29.6 Å². The molecule has 2 heterocycles. The highest BCUT2D eigenvalue weighted by Gasteiger charge is 2.18. The molecule has 0 bridgehead atoms. The highest BCUT2D eigenvalue weighted by molar-refractivity contribution is 9.10. The molecule has 1 fully saturated rings. The number of phenols is 1. The summed E-state index contributed by atoms with van der Waals surface area (Å²) in [5.41, 5.74) is 0.676. The molecule has 1 N–H and O–H groups in total. The lowest BCUT2D eigenvalue weighted by atomic mass is 10.3. The minimum absolute atomic E-state index is 0.194. The van der Waals surface area contributed by atoms with Gasteiger partial charge in [-0.05, 0) is 28.1 Å². The zero-order chi connectivity index (χ0) is 14.7. The maximum atomic E-state index is 9.41. The molecule has 0 unspecified atom stereocenters. The first-order chi connectivity index (χ1) is 10.2. The molecule has 0 spiro atoms. The van der Waals surface area contributed by atoms with E-state index in [2.05, 4.69) is 25.8 Å². The highest BCUT2D eigenvalue weighted by atomic mass is 79.9. The third kappa shape index (κ3) is 3.46. The van der Waals surface area contributed by atoms with Gasteiger partial charge in [-0.1, -0.05) is 6.07 Å². The average Bonchev–Trinajstić information content (AvgIpc) is 2.87. The molecular weight excluding hydrogens is 336 g/mol. The molecule has 1 saturated heterocycles. The molecule has 5 nitrogen and oxygen atoms in total. The van der Waals surface area contributed by atoms with Crippen LogP contribution in [0.5, 0.6) is 5.75 Å². The smallest absolute Gasteiger partial charge is 0.210 e. The number of aromatic hydroxyl groups is 1. The van der Waals surface area contributed by atoms with Crippen molar-refractivity contribution in [2.75, 3.05) is 31.2 Å². The normalized spacial score (nSPS) is 15.8. The minimum atomic E-state index is 0.194. The van der Waals surface area contributed by atoms with E-state index in [4.69, 9.17) is 9.15 Å². The molecule has 6 heteroatoms. The number of nitrogens with zero attached hydrogens (tertiary/aromatic N) is 2. The van der Waals surface area contributed by atoms with E-state index in [1.54, 1.807) is 24.4 Å². The molecule has 110 valence electrons. The van der Waals surface area contributed by atoms with E-state index in [0.717, 1.165) is 23.4 Å². The van der Waals surface area contributed by atoms with E-state index in [0.29, 0.717) is 24.7 Å². The Morgan fingerprint density at radius 2 is 2.05 bits per heavy atom. The SMILES string of the molecule is Oc1cccc(N=Cc2cc(Br)c(N3CCOCC3)o2)c1. The van der Waals surface area contributed by atoms with Crippen LogP contribution >= 0.6 is 15.9 Å². The third-order valence-electron chi connectivity index (χ3n) is 3.16. The van der Waals surface area contributed by atoms with Crippen molar-refractivity contribution >= 4 is 33.7 Å². The van der Waals surface area contributed by atoms with E-state index in [9.17, 15) is 5.11 Å². The summed E-state index contributed by atoms with van der Waals surface area (Å²) < 4.78 is 12.1. The molecule has 0 atom stereocenters. The lowest BCUT2D eigenvalue weighted by Gasteiger charge is -2.26. The Hall–Kier alpha value is -1.79. The summed E-state index contributed by atoms with van der Waals surface area (Å²) >= 11 is 3.51. The number of hydrogen-bond acceptors (Lipinski definition) is 5. The van der Waals surface area contributed by atoms with Crippen molar-refractivity contribution in [3.63, 3.8) is 0 Å². The van der Waals surface area contributed by atoms with Gasteiger partial charge in [-0.25, -0.2) is 0 Å². The van der Waals surface area contributed by atoms with E-state index in [1.807, 2.05) is 12.1 Å². The summed E-state index contributed by atoms with van der Waals surface area (Å²) in [6.07, 6.45) is 1.64. The zero-order valence-corrected chi connectivity index (χ0v) is 12.9. The number of furan rings is 1. The Bertz CT molecular complexity index is 648. The van der Waals surface area contributed by atoms with Crippen LogP contribution in [0.1, 0.15) is 5.76 Å². The van der Waals surface area contributed by atoms with Crippen molar-refractivity contribution in [2.45, 2.75) is 0 Å². The van der Waals surface area contributed by atoms with Crippen LogP contribution in [-0.2, 0) is 4.74 Å². The molecule has 0 radical (unpaired) electrons. The Kier molecular flexibility index (Phi) is 4.26. The molecule has 0 aliphatic carbocycles. The zero-order valence-electron chi connectivity index (χ0n) is 11.3. The predicted molar refractivity (Wildman–Crippen MR) is 84.8 cm³/mol. The lowest BCUT2D eigenvalue weighted by Crippen LogP contribution is -2.36. The van der Waals surface area contributed by atoms with Gasteiger partial charge >= 0.3 is 0 Å². The van der Waals surface area contributed by atoms with Gasteiger partial charge in [-0.2, -0.15) is 0 Å². The number of anilines is 1. The number of phenolic OH excluding ortho intramolecular Hbond substituents is 1. The molecule has 21 heavy (non-hydrogen) atoms. The number of halogens is 1. The molecule has 1 aliphatic heterocycles. The van der Waals surface area contributed by atoms with Gasteiger partial charge in [0.15, 0.2) is 0 Å². The Morgan fingerprint density at radius 3 is 2.81 bits per heavy atom. The van der Waals surface area contributed by atoms with Gasteiger partial charge < -0.3 is 19.2 Å². The fourth-order valence-electron chi connectivity index (χ4n) is 2.13. The first-order valence-electron chi connectivity index (χ1n) is 6.67. The monoisotopic (exact) mass is 350 g/mol. The largest absolute Gasteiger partial charge is 0.508 e. The van der Waals surface area contributed by atoms with Crippen LogP contribution in [0, 0.1) is 0 Å². The maximum Gasteiger partial charge on any atom is 0.210 e. The fourth-order valence-corrected chi connectivity index (χ4v) is 2.69. The van der Waals surface area contributed by atoms with Crippen LogP contribution < -0.4 is 4.90 Å². The van der Waals surface area contributed by atoms with Crippen LogP contribution in [0.25, 0.3) is 0 Å². The number of morpholine rings is 1. The van der Waals surface area contributed by atoms with Gasteiger partial charge in [0.1, 0.15) is 11.5 Å². The quantitative estimate of drug-likeness (QED) is 0.862. The van der Waals surface area contributed by atoms with Gasteiger partial charge in [0.25, 0.3) is 0 Å². The van der Waals surface area contributed by atoms with Gasteiger partial charge in [-0.3, -0.25) is 4.99 Å². The van der Waals surface area contributed by atoms with Crippen LogP contribution in [0.15, 0.2) is 44.2 Å². The predicted octanol–water partition coefficient (Wildman–Crippen LogP) is 3.33. The number of ether oxygens (including phenoxy) is 1. The van der Waals surface area contributed by atoms with Gasteiger partial charge in [0.2, 0.25) is 5.88 Å². The maximum absolute atomic E-state index is 9.41. The molecule has 1 aliphatic rings. The molecule has 2 aromatic rings. The third-order valence-corrected chi connectivity index (χ3v) is 3.72. The first-order valence-corrected chi connectivity index (χ1v) is 7.47. The van der Waals surface area contributed by atoms with E-state index >= 15 is 0 Å². The Morgan fingerprint density at radius 1 is 1.24 bits per heavy atom. The van der Waals surface area contributed by atoms with Crippen LogP contribution in [0.2, 0.25) is 0 Å². The lowest BCUT2D eigenvalue weighted by molar-refractivity contribution is 0.120. The Balaban J connectivity index is 1.77. The second-order valence-corrected chi connectivity index (χ2v) is 5.53. The molecule has 3 rings (SSSR count). The van der Waals surface area contributed by atoms with Crippen molar-refractivity contribution in [1.82, 2.24) is 0 Å². The molecule has 1 aromatic heterocycles. The first kappa shape index (κ1) is 14.2. The standard InChI is InChI=1S/C15H15BrN2O3/c16-14-9-13(10-17-11-2-1-3-12(19)8-11)21-15(14)18-4-6-20-7-5-18/h1-3,8-10,19H,4-7H2. The molecule has 0 saturated carbocycles. The van der Waals surface area contributed by atoms with E-state index in [-0.39, 0.29) is 5.75 Å². The minimum Gasteiger partial charge on any atom is -0.508 e. The van der Waals surface area contributed by atoms with Gasteiger partial charge in [-0.15, -0.1) is 0 Å². The van der Waals surface area contributed by atoms with E-state index < -0.39 is 0 Å².